The molecular formula is C28H26FNO3S. The van der Waals surface area contributed by atoms with E-state index in [2.05, 4.69) is 4.90 Å². The normalized spacial score (nSPS) is 13.9. The van der Waals surface area contributed by atoms with E-state index in [0.717, 1.165) is 51.7 Å². The Morgan fingerprint density at radius 3 is 2.38 bits per heavy atom. The zero-order valence-electron chi connectivity index (χ0n) is 19.1. The van der Waals surface area contributed by atoms with Crippen molar-refractivity contribution in [1.82, 2.24) is 4.90 Å². The summed E-state index contributed by atoms with van der Waals surface area (Å²) in [6.07, 6.45) is 2.55. The van der Waals surface area contributed by atoms with Gasteiger partial charge < -0.3 is 9.47 Å². The quantitative estimate of drug-likeness (QED) is 0.276. The first-order valence-corrected chi connectivity index (χ1v) is 12.3. The van der Waals surface area contributed by atoms with Gasteiger partial charge in [-0.15, -0.1) is 11.3 Å². The zero-order chi connectivity index (χ0) is 23.5. The van der Waals surface area contributed by atoms with E-state index in [1.807, 2.05) is 42.5 Å². The Hall–Kier alpha value is -3.22. The topological polar surface area (TPSA) is 38.8 Å². The Morgan fingerprint density at radius 1 is 0.971 bits per heavy atom. The highest BCUT2D eigenvalue weighted by Crippen LogP contribution is 2.41. The van der Waals surface area contributed by atoms with E-state index < -0.39 is 0 Å². The van der Waals surface area contributed by atoms with E-state index in [1.165, 1.54) is 37.1 Å². The van der Waals surface area contributed by atoms with Crippen LogP contribution in [0.25, 0.3) is 20.5 Å². The first-order valence-electron chi connectivity index (χ1n) is 11.5. The molecule has 0 unspecified atom stereocenters. The fourth-order valence-electron chi connectivity index (χ4n) is 4.38. The number of fused-ring (bicyclic) bond motifs is 1. The van der Waals surface area contributed by atoms with Gasteiger partial charge in [0.1, 0.15) is 23.9 Å². The molecule has 34 heavy (non-hydrogen) atoms. The predicted octanol–water partition coefficient (Wildman–Crippen LogP) is 6.42. The van der Waals surface area contributed by atoms with Crippen LogP contribution >= 0.6 is 11.3 Å². The monoisotopic (exact) mass is 475 g/mol. The molecule has 1 aromatic heterocycles. The first-order chi connectivity index (χ1) is 16.6. The van der Waals surface area contributed by atoms with Crippen molar-refractivity contribution in [2.24, 2.45) is 0 Å². The van der Waals surface area contributed by atoms with E-state index in [9.17, 15) is 9.18 Å². The molecule has 0 N–H and O–H groups in total. The van der Waals surface area contributed by atoms with Crippen LogP contribution in [0.1, 0.15) is 28.8 Å². The summed E-state index contributed by atoms with van der Waals surface area (Å²) in [4.78, 5) is 16.8. The predicted molar refractivity (Wildman–Crippen MR) is 135 cm³/mol. The van der Waals surface area contributed by atoms with Crippen LogP contribution in [0.4, 0.5) is 4.39 Å². The molecule has 1 saturated heterocycles. The molecular weight excluding hydrogens is 449 g/mol. The molecule has 0 saturated carbocycles. The summed E-state index contributed by atoms with van der Waals surface area (Å²) < 4.78 is 25.7. The summed E-state index contributed by atoms with van der Waals surface area (Å²) in [5.74, 6) is 1.06. The number of ether oxygens (including phenoxy) is 2. The van der Waals surface area contributed by atoms with Gasteiger partial charge in [0, 0.05) is 32.6 Å². The maximum atomic E-state index is 13.5. The average molecular weight is 476 g/mol. The molecule has 0 amide bonds. The number of likely N-dealkylation sites (tertiary alicyclic amines) is 1. The van der Waals surface area contributed by atoms with Crippen LogP contribution in [-0.4, -0.2) is 44.0 Å². The summed E-state index contributed by atoms with van der Waals surface area (Å²) in [6, 6.07) is 19.3. The van der Waals surface area contributed by atoms with Crippen LogP contribution in [0.3, 0.4) is 0 Å². The number of hydrogen-bond donors (Lipinski definition) is 0. The first kappa shape index (κ1) is 22.6. The number of benzene rings is 3. The average Bonchev–Trinajstić information content (AvgIpc) is 3.52. The largest absolute Gasteiger partial charge is 0.497 e. The molecule has 4 aromatic rings. The highest BCUT2D eigenvalue weighted by molar-refractivity contribution is 7.22. The highest BCUT2D eigenvalue weighted by Gasteiger charge is 2.22. The van der Waals surface area contributed by atoms with Gasteiger partial charge in [0.15, 0.2) is 5.78 Å². The lowest BCUT2D eigenvalue weighted by molar-refractivity contribution is 0.104. The summed E-state index contributed by atoms with van der Waals surface area (Å²) in [6.45, 7) is 3.92. The number of nitrogens with zero attached hydrogens (tertiary/aromatic N) is 1. The minimum atomic E-state index is -0.364. The number of rotatable bonds is 8. The maximum absolute atomic E-state index is 13.5. The number of halogens is 1. The van der Waals surface area contributed by atoms with E-state index in [4.69, 9.17) is 9.47 Å². The SMILES string of the molecule is COc1ccc2c(C(=O)c3ccc(F)cc3)c(-c3ccc(OCCN4CCCC4)cc3)sc2c1. The molecule has 0 spiro atoms. The van der Waals surface area contributed by atoms with Gasteiger partial charge in [0.2, 0.25) is 0 Å². The van der Waals surface area contributed by atoms with Crippen LogP contribution < -0.4 is 9.47 Å². The van der Waals surface area contributed by atoms with Crippen molar-refractivity contribution in [1.29, 1.82) is 0 Å². The van der Waals surface area contributed by atoms with Crippen molar-refractivity contribution in [3.63, 3.8) is 0 Å². The molecule has 1 fully saturated rings. The van der Waals surface area contributed by atoms with Gasteiger partial charge in [-0.2, -0.15) is 0 Å². The Kier molecular flexibility index (Phi) is 6.61. The van der Waals surface area contributed by atoms with Crippen LogP contribution in [0.15, 0.2) is 66.7 Å². The lowest BCUT2D eigenvalue weighted by atomic mass is 9.97. The van der Waals surface area contributed by atoms with Gasteiger partial charge in [0.05, 0.1) is 7.11 Å². The number of ketones is 1. The second kappa shape index (κ2) is 9.95. The van der Waals surface area contributed by atoms with Crippen LogP contribution in [0, 0.1) is 5.82 Å². The minimum Gasteiger partial charge on any atom is -0.497 e. The van der Waals surface area contributed by atoms with E-state index in [1.54, 1.807) is 18.4 Å². The molecule has 4 nitrogen and oxygen atoms in total. The Bertz CT molecular complexity index is 1290. The number of carbonyl (C=O) groups is 1. The molecule has 0 bridgehead atoms. The summed E-state index contributed by atoms with van der Waals surface area (Å²) in [5, 5.41) is 0.862. The van der Waals surface area contributed by atoms with Gasteiger partial charge in [0.25, 0.3) is 0 Å². The fraction of sp³-hybridized carbons (Fsp3) is 0.250. The lowest BCUT2D eigenvalue weighted by Crippen LogP contribution is -2.25. The lowest BCUT2D eigenvalue weighted by Gasteiger charge is -2.15. The Morgan fingerprint density at radius 2 is 1.68 bits per heavy atom. The molecule has 174 valence electrons. The zero-order valence-corrected chi connectivity index (χ0v) is 19.9. The molecule has 1 aliphatic heterocycles. The van der Waals surface area contributed by atoms with Crippen LogP contribution in [0.5, 0.6) is 11.5 Å². The molecule has 1 aliphatic rings. The van der Waals surface area contributed by atoms with Gasteiger partial charge in [-0.25, -0.2) is 4.39 Å². The number of methoxy groups -OCH3 is 1. The molecule has 0 aliphatic carbocycles. The van der Waals surface area contributed by atoms with Gasteiger partial charge >= 0.3 is 0 Å². The van der Waals surface area contributed by atoms with Crippen molar-refractivity contribution in [3.05, 3.63) is 83.7 Å². The highest BCUT2D eigenvalue weighted by atomic mass is 32.1. The van der Waals surface area contributed by atoms with E-state index >= 15 is 0 Å². The van der Waals surface area contributed by atoms with Crippen molar-refractivity contribution < 1.29 is 18.7 Å². The standard InChI is InChI=1S/C28H26FNO3S/c1-32-23-12-13-24-25(18-23)34-28(26(24)27(31)19-4-8-21(29)9-5-19)20-6-10-22(11-7-20)33-17-16-30-14-2-3-15-30/h4-13,18H,2-3,14-17H2,1H3. The summed E-state index contributed by atoms with van der Waals surface area (Å²) in [7, 11) is 1.63. The molecule has 0 radical (unpaired) electrons. The van der Waals surface area contributed by atoms with E-state index in [-0.39, 0.29) is 11.6 Å². The molecule has 6 heteroatoms. The van der Waals surface area contributed by atoms with E-state index in [0.29, 0.717) is 17.7 Å². The number of hydrogen-bond acceptors (Lipinski definition) is 5. The van der Waals surface area contributed by atoms with Crippen LogP contribution in [0.2, 0.25) is 0 Å². The molecule has 3 aromatic carbocycles. The van der Waals surface area contributed by atoms with Crippen molar-refractivity contribution in [3.8, 4) is 21.9 Å². The smallest absolute Gasteiger partial charge is 0.195 e. The van der Waals surface area contributed by atoms with Crippen molar-refractivity contribution >= 4 is 27.2 Å². The third-order valence-corrected chi connectivity index (χ3v) is 7.42. The second-order valence-corrected chi connectivity index (χ2v) is 9.48. The van der Waals surface area contributed by atoms with Gasteiger partial charge in [-0.05, 0) is 98.2 Å². The number of carbonyl (C=O) groups excluding carboxylic acids is 1. The van der Waals surface area contributed by atoms with Gasteiger partial charge in [-0.1, -0.05) is 0 Å². The Balaban J connectivity index is 1.46. The fourth-order valence-corrected chi connectivity index (χ4v) is 5.61. The maximum Gasteiger partial charge on any atom is 0.195 e. The van der Waals surface area contributed by atoms with Gasteiger partial charge in [-0.3, -0.25) is 9.69 Å². The van der Waals surface area contributed by atoms with Crippen molar-refractivity contribution in [2.45, 2.75) is 12.8 Å². The molecule has 2 heterocycles. The summed E-state index contributed by atoms with van der Waals surface area (Å²) in [5.41, 5.74) is 2.02. The number of thiophene rings is 1. The summed E-state index contributed by atoms with van der Waals surface area (Å²) >= 11 is 1.55. The second-order valence-electron chi connectivity index (χ2n) is 8.43. The van der Waals surface area contributed by atoms with Crippen molar-refractivity contribution in [2.75, 3.05) is 33.4 Å². The van der Waals surface area contributed by atoms with Crippen LogP contribution in [-0.2, 0) is 0 Å². The molecule has 0 atom stereocenters. The molecule has 5 rings (SSSR count). The third-order valence-electron chi connectivity index (χ3n) is 6.22. The Labute approximate surface area is 202 Å². The minimum absolute atomic E-state index is 0.127. The third kappa shape index (κ3) is 4.69.